The van der Waals surface area contributed by atoms with Crippen LogP contribution in [0.4, 0.5) is 0 Å². The Morgan fingerprint density at radius 2 is 1.69 bits per heavy atom. The Labute approximate surface area is 181 Å². The van der Waals surface area contributed by atoms with Gasteiger partial charge in [-0.1, -0.05) is 56.7 Å². The average Bonchev–Trinajstić information content (AvgIpc) is 2.72. The number of halogens is 1. The SMILES string of the molecule is CCCCCCCCOC(=O)c1c(Cl)cccc1Sc1nc(OC)cc(OC)n1. The number of aromatic nitrogens is 2. The van der Waals surface area contributed by atoms with E-state index in [1.54, 1.807) is 24.3 Å². The summed E-state index contributed by atoms with van der Waals surface area (Å²) in [4.78, 5) is 21.8. The Morgan fingerprint density at radius 1 is 1.03 bits per heavy atom. The third-order valence-electron chi connectivity index (χ3n) is 4.19. The molecule has 2 rings (SSSR count). The number of methoxy groups -OCH3 is 2. The van der Waals surface area contributed by atoms with E-state index in [0.29, 0.717) is 39.0 Å². The van der Waals surface area contributed by atoms with E-state index < -0.39 is 5.97 Å². The Kier molecular flexibility index (Phi) is 10.1. The highest BCUT2D eigenvalue weighted by molar-refractivity contribution is 7.99. The number of ether oxygens (including phenoxy) is 3. The van der Waals surface area contributed by atoms with Crippen LogP contribution in [0.15, 0.2) is 34.3 Å². The van der Waals surface area contributed by atoms with Crippen LogP contribution in [0.5, 0.6) is 11.8 Å². The van der Waals surface area contributed by atoms with Crippen LogP contribution in [-0.4, -0.2) is 36.8 Å². The molecule has 0 aliphatic carbocycles. The number of hydrogen-bond donors (Lipinski definition) is 0. The molecule has 0 fully saturated rings. The van der Waals surface area contributed by atoms with Crippen LogP contribution in [0.25, 0.3) is 0 Å². The summed E-state index contributed by atoms with van der Waals surface area (Å²) in [6.07, 6.45) is 6.74. The number of unbranched alkanes of at least 4 members (excludes halogenated alkanes) is 5. The van der Waals surface area contributed by atoms with Crippen molar-refractivity contribution in [2.24, 2.45) is 0 Å². The van der Waals surface area contributed by atoms with Crippen LogP contribution >= 0.6 is 23.4 Å². The van der Waals surface area contributed by atoms with Gasteiger partial charge in [-0.05, 0) is 30.3 Å². The van der Waals surface area contributed by atoms with E-state index in [0.717, 1.165) is 19.3 Å². The van der Waals surface area contributed by atoms with Crippen molar-refractivity contribution in [1.82, 2.24) is 9.97 Å². The van der Waals surface area contributed by atoms with Gasteiger partial charge in [-0.25, -0.2) is 4.79 Å². The Morgan fingerprint density at radius 3 is 2.34 bits per heavy atom. The first-order valence-electron chi connectivity index (χ1n) is 9.69. The van der Waals surface area contributed by atoms with Crippen molar-refractivity contribution < 1.29 is 19.0 Å². The molecular weight excluding hydrogens is 412 g/mol. The van der Waals surface area contributed by atoms with Crippen molar-refractivity contribution in [2.45, 2.75) is 55.5 Å². The van der Waals surface area contributed by atoms with Crippen LogP contribution in [0, 0.1) is 0 Å². The highest BCUT2D eigenvalue weighted by Crippen LogP contribution is 2.34. The van der Waals surface area contributed by atoms with Crippen molar-refractivity contribution in [3.8, 4) is 11.8 Å². The zero-order valence-corrected chi connectivity index (χ0v) is 18.6. The molecule has 0 amide bonds. The summed E-state index contributed by atoms with van der Waals surface area (Å²) < 4.78 is 15.8. The molecule has 0 unspecified atom stereocenters. The van der Waals surface area contributed by atoms with E-state index in [9.17, 15) is 4.79 Å². The number of hydrogen-bond acceptors (Lipinski definition) is 7. The number of esters is 1. The minimum absolute atomic E-state index is 0.315. The van der Waals surface area contributed by atoms with Crippen molar-refractivity contribution >= 4 is 29.3 Å². The highest BCUT2D eigenvalue weighted by atomic mass is 35.5. The minimum Gasteiger partial charge on any atom is -0.481 e. The van der Waals surface area contributed by atoms with Crippen LogP contribution < -0.4 is 9.47 Å². The van der Waals surface area contributed by atoms with Gasteiger partial charge in [-0.2, -0.15) is 9.97 Å². The fourth-order valence-corrected chi connectivity index (χ4v) is 3.86. The number of carbonyl (C=O) groups excluding carboxylic acids is 1. The van der Waals surface area contributed by atoms with E-state index in [1.165, 1.54) is 45.2 Å². The Hall–Kier alpha value is -1.99. The summed E-state index contributed by atoms with van der Waals surface area (Å²) in [5.74, 6) is 0.295. The molecule has 0 aliphatic heterocycles. The zero-order valence-electron chi connectivity index (χ0n) is 17.1. The van der Waals surface area contributed by atoms with E-state index in [4.69, 9.17) is 25.8 Å². The number of benzene rings is 1. The molecule has 29 heavy (non-hydrogen) atoms. The molecule has 1 aromatic carbocycles. The zero-order chi connectivity index (χ0) is 21.1. The van der Waals surface area contributed by atoms with Crippen LogP contribution in [0.3, 0.4) is 0 Å². The molecule has 0 bridgehead atoms. The van der Waals surface area contributed by atoms with Crippen molar-refractivity contribution in [3.05, 3.63) is 34.9 Å². The lowest BCUT2D eigenvalue weighted by molar-refractivity contribution is 0.0494. The molecule has 0 spiro atoms. The van der Waals surface area contributed by atoms with Crippen LogP contribution in [-0.2, 0) is 4.74 Å². The second-order valence-corrected chi connectivity index (χ2v) is 7.77. The van der Waals surface area contributed by atoms with Crippen LogP contribution in [0.2, 0.25) is 5.02 Å². The monoisotopic (exact) mass is 438 g/mol. The molecule has 1 heterocycles. The normalized spacial score (nSPS) is 10.6. The molecule has 2 aromatic rings. The lowest BCUT2D eigenvalue weighted by Gasteiger charge is -2.11. The van der Waals surface area contributed by atoms with Gasteiger partial charge in [0.2, 0.25) is 11.8 Å². The van der Waals surface area contributed by atoms with Gasteiger partial charge in [0.05, 0.1) is 37.5 Å². The molecule has 0 aliphatic rings. The quantitative estimate of drug-likeness (QED) is 0.235. The van der Waals surface area contributed by atoms with Gasteiger partial charge in [0.1, 0.15) is 0 Å². The largest absolute Gasteiger partial charge is 0.481 e. The van der Waals surface area contributed by atoms with E-state index in [-0.39, 0.29) is 0 Å². The molecule has 6 nitrogen and oxygen atoms in total. The Bertz CT molecular complexity index is 782. The summed E-state index contributed by atoms with van der Waals surface area (Å²) in [7, 11) is 3.03. The van der Waals surface area contributed by atoms with E-state index in [2.05, 4.69) is 16.9 Å². The van der Waals surface area contributed by atoms with E-state index in [1.807, 2.05) is 0 Å². The molecule has 0 saturated heterocycles. The van der Waals surface area contributed by atoms with Gasteiger partial charge in [0, 0.05) is 4.90 Å². The second kappa shape index (κ2) is 12.5. The lowest BCUT2D eigenvalue weighted by Crippen LogP contribution is -2.09. The third-order valence-corrected chi connectivity index (χ3v) is 5.43. The molecule has 0 radical (unpaired) electrons. The summed E-state index contributed by atoms with van der Waals surface area (Å²) >= 11 is 7.50. The maximum atomic E-state index is 12.6. The third kappa shape index (κ3) is 7.40. The first-order chi connectivity index (χ1) is 14.1. The summed E-state index contributed by atoms with van der Waals surface area (Å²) in [6.45, 7) is 2.57. The van der Waals surface area contributed by atoms with Gasteiger partial charge in [0.25, 0.3) is 0 Å². The van der Waals surface area contributed by atoms with E-state index >= 15 is 0 Å². The maximum Gasteiger partial charge on any atom is 0.340 e. The summed E-state index contributed by atoms with van der Waals surface area (Å²) in [5, 5.41) is 0.714. The first-order valence-corrected chi connectivity index (χ1v) is 10.9. The molecule has 1 aromatic heterocycles. The number of nitrogens with zero attached hydrogens (tertiary/aromatic N) is 2. The highest BCUT2D eigenvalue weighted by Gasteiger charge is 2.19. The Balaban J connectivity index is 2.06. The van der Waals surface area contributed by atoms with Gasteiger partial charge in [-0.3, -0.25) is 0 Å². The molecule has 158 valence electrons. The first kappa shape index (κ1) is 23.3. The van der Waals surface area contributed by atoms with Gasteiger partial charge in [0.15, 0.2) is 5.16 Å². The van der Waals surface area contributed by atoms with Gasteiger partial charge >= 0.3 is 5.97 Å². The number of rotatable bonds is 12. The molecule has 8 heteroatoms. The van der Waals surface area contributed by atoms with Crippen molar-refractivity contribution in [3.63, 3.8) is 0 Å². The fourth-order valence-electron chi connectivity index (χ4n) is 2.64. The minimum atomic E-state index is -0.443. The second-order valence-electron chi connectivity index (χ2n) is 6.35. The predicted molar refractivity (Wildman–Crippen MR) is 114 cm³/mol. The van der Waals surface area contributed by atoms with Crippen LogP contribution in [0.1, 0.15) is 55.8 Å². The lowest BCUT2D eigenvalue weighted by atomic mass is 10.1. The molecule has 0 saturated carbocycles. The van der Waals surface area contributed by atoms with Gasteiger partial charge < -0.3 is 14.2 Å². The molecule has 0 atom stereocenters. The molecule has 0 N–H and O–H groups in total. The summed E-state index contributed by atoms with van der Waals surface area (Å²) in [5.41, 5.74) is 0.315. The topological polar surface area (TPSA) is 70.5 Å². The standard InChI is InChI=1S/C21H27ClN2O4S/c1-4-5-6-7-8-9-13-28-20(25)19-15(22)11-10-12-16(19)29-21-23-17(26-2)14-18(24-21)27-3/h10-12,14H,4-9,13H2,1-3H3. The maximum absolute atomic E-state index is 12.6. The predicted octanol–water partition coefficient (Wildman–Crippen LogP) is 5.82. The van der Waals surface area contributed by atoms with Crippen molar-refractivity contribution in [2.75, 3.05) is 20.8 Å². The van der Waals surface area contributed by atoms with Gasteiger partial charge in [-0.15, -0.1) is 0 Å². The fraction of sp³-hybridized carbons (Fsp3) is 0.476. The average molecular weight is 439 g/mol. The van der Waals surface area contributed by atoms with Crippen molar-refractivity contribution in [1.29, 1.82) is 0 Å². The molecular formula is C21H27ClN2O4S. The number of carbonyl (C=O) groups is 1. The summed E-state index contributed by atoms with van der Waals surface area (Å²) in [6, 6.07) is 6.80. The smallest absolute Gasteiger partial charge is 0.340 e.